The molecule has 2 amide bonds. The summed E-state index contributed by atoms with van der Waals surface area (Å²) in [6.45, 7) is 7.74. The van der Waals surface area contributed by atoms with Gasteiger partial charge in [-0.1, -0.05) is 13.8 Å². The summed E-state index contributed by atoms with van der Waals surface area (Å²) in [7, 11) is -3.56. The highest BCUT2D eigenvalue weighted by Crippen LogP contribution is 2.14. The first kappa shape index (κ1) is 19.4. The molecule has 8 heteroatoms. The zero-order valence-electron chi connectivity index (χ0n) is 14.9. The van der Waals surface area contributed by atoms with Crippen LogP contribution in [0.15, 0.2) is 29.2 Å². The highest BCUT2D eigenvalue weighted by Gasteiger charge is 2.23. The van der Waals surface area contributed by atoms with Crippen molar-refractivity contribution in [2.24, 2.45) is 5.92 Å². The smallest absolute Gasteiger partial charge is 0.253 e. The zero-order chi connectivity index (χ0) is 18.6. The van der Waals surface area contributed by atoms with Gasteiger partial charge in [0.25, 0.3) is 5.91 Å². The minimum atomic E-state index is -3.56. The van der Waals surface area contributed by atoms with Crippen LogP contribution >= 0.6 is 0 Å². The molecule has 0 spiro atoms. The number of amides is 2. The van der Waals surface area contributed by atoms with Gasteiger partial charge in [0.05, 0.1) is 4.90 Å². The second kappa shape index (κ2) is 7.97. The molecule has 25 heavy (non-hydrogen) atoms. The number of hydrogen-bond donors (Lipinski definition) is 1. The molecule has 1 aromatic rings. The van der Waals surface area contributed by atoms with Crippen LogP contribution in [0.1, 0.15) is 31.1 Å². The summed E-state index contributed by atoms with van der Waals surface area (Å²) >= 11 is 0. The average molecular weight is 367 g/mol. The van der Waals surface area contributed by atoms with Gasteiger partial charge < -0.3 is 9.80 Å². The molecule has 0 saturated carbocycles. The molecular weight excluding hydrogens is 342 g/mol. The maximum atomic E-state index is 12.5. The standard InChI is InChI=1S/C17H25N3O4S/c1-13(2)12-18-25(23,24)16-6-4-15(5-7-16)17(22)20-10-8-19(9-11-20)14(3)21/h4-7,13,18H,8-12H2,1-3H3. The van der Waals surface area contributed by atoms with Gasteiger partial charge in [0.15, 0.2) is 0 Å². The number of nitrogens with one attached hydrogen (secondary N) is 1. The third kappa shape index (κ3) is 5.02. The molecule has 138 valence electrons. The second-order valence-electron chi connectivity index (χ2n) is 6.57. The normalized spacial score (nSPS) is 15.5. The Morgan fingerprint density at radius 3 is 2.04 bits per heavy atom. The van der Waals surface area contributed by atoms with Crippen molar-refractivity contribution in [3.05, 3.63) is 29.8 Å². The van der Waals surface area contributed by atoms with E-state index in [9.17, 15) is 18.0 Å². The first-order valence-electron chi connectivity index (χ1n) is 8.35. The largest absolute Gasteiger partial charge is 0.339 e. The van der Waals surface area contributed by atoms with Crippen LogP contribution in [-0.2, 0) is 14.8 Å². The minimum Gasteiger partial charge on any atom is -0.339 e. The number of carbonyl (C=O) groups excluding carboxylic acids is 2. The minimum absolute atomic E-state index is 0.00977. The van der Waals surface area contributed by atoms with Crippen molar-refractivity contribution in [2.45, 2.75) is 25.7 Å². The number of nitrogens with zero attached hydrogens (tertiary/aromatic N) is 2. The lowest BCUT2D eigenvalue weighted by Gasteiger charge is -2.34. The number of carbonyl (C=O) groups is 2. The fraction of sp³-hybridized carbons (Fsp3) is 0.529. The number of rotatable bonds is 5. The SMILES string of the molecule is CC(=O)N1CCN(C(=O)c2ccc(S(=O)(=O)NCC(C)C)cc2)CC1. The number of benzene rings is 1. The molecular formula is C17H25N3O4S. The Hall–Kier alpha value is -1.93. The van der Waals surface area contributed by atoms with Crippen LogP contribution in [0.3, 0.4) is 0 Å². The Balaban J connectivity index is 2.02. The lowest BCUT2D eigenvalue weighted by Crippen LogP contribution is -2.50. The fourth-order valence-corrected chi connectivity index (χ4v) is 3.76. The first-order chi connectivity index (χ1) is 11.7. The zero-order valence-corrected chi connectivity index (χ0v) is 15.7. The van der Waals surface area contributed by atoms with E-state index in [0.29, 0.717) is 38.3 Å². The third-order valence-corrected chi connectivity index (χ3v) is 5.54. The van der Waals surface area contributed by atoms with Crippen molar-refractivity contribution in [1.29, 1.82) is 0 Å². The van der Waals surface area contributed by atoms with E-state index in [0.717, 1.165) is 0 Å². The number of sulfonamides is 1. The summed E-state index contributed by atoms with van der Waals surface area (Å²) < 4.78 is 26.9. The van der Waals surface area contributed by atoms with Crippen LogP contribution in [0.5, 0.6) is 0 Å². The Morgan fingerprint density at radius 2 is 1.56 bits per heavy atom. The van der Waals surface area contributed by atoms with E-state index >= 15 is 0 Å². The van der Waals surface area contributed by atoms with Gasteiger partial charge in [-0.2, -0.15) is 0 Å². The molecule has 1 saturated heterocycles. The molecule has 0 aromatic heterocycles. The monoisotopic (exact) mass is 367 g/mol. The van der Waals surface area contributed by atoms with Crippen LogP contribution in [0.4, 0.5) is 0 Å². The molecule has 1 aliphatic rings. The van der Waals surface area contributed by atoms with E-state index in [1.165, 1.54) is 31.2 Å². The molecule has 1 N–H and O–H groups in total. The highest BCUT2D eigenvalue weighted by atomic mass is 32.2. The van der Waals surface area contributed by atoms with Gasteiger partial charge >= 0.3 is 0 Å². The van der Waals surface area contributed by atoms with Crippen LogP contribution in [0, 0.1) is 5.92 Å². The lowest BCUT2D eigenvalue weighted by atomic mass is 10.2. The summed E-state index contributed by atoms with van der Waals surface area (Å²) in [5.74, 6) is 0.0714. The maximum Gasteiger partial charge on any atom is 0.253 e. The highest BCUT2D eigenvalue weighted by molar-refractivity contribution is 7.89. The molecule has 1 aromatic carbocycles. The van der Waals surface area contributed by atoms with Crippen LogP contribution in [0.25, 0.3) is 0 Å². The maximum absolute atomic E-state index is 12.5. The Labute approximate surface area is 149 Å². The summed E-state index contributed by atoms with van der Waals surface area (Å²) in [5.41, 5.74) is 0.444. The summed E-state index contributed by atoms with van der Waals surface area (Å²) in [6, 6.07) is 5.96. The van der Waals surface area contributed by atoms with Crippen molar-refractivity contribution in [3.63, 3.8) is 0 Å². The summed E-state index contributed by atoms with van der Waals surface area (Å²) in [4.78, 5) is 27.4. The summed E-state index contributed by atoms with van der Waals surface area (Å²) in [6.07, 6.45) is 0. The van der Waals surface area contributed by atoms with E-state index in [2.05, 4.69) is 4.72 Å². The second-order valence-corrected chi connectivity index (χ2v) is 8.34. The van der Waals surface area contributed by atoms with E-state index in [4.69, 9.17) is 0 Å². The molecule has 0 radical (unpaired) electrons. The number of hydrogen-bond acceptors (Lipinski definition) is 4. The average Bonchev–Trinajstić information content (AvgIpc) is 2.59. The van der Waals surface area contributed by atoms with Gasteiger partial charge in [0, 0.05) is 45.2 Å². The number of piperazine rings is 1. The molecule has 1 aliphatic heterocycles. The predicted octanol–water partition coefficient (Wildman–Crippen LogP) is 0.925. The van der Waals surface area contributed by atoms with E-state index in [-0.39, 0.29) is 22.6 Å². The predicted molar refractivity (Wildman–Crippen MR) is 94.6 cm³/mol. The first-order valence-corrected chi connectivity index (χ1v) is 9.83. The van der Waals surface area contributed by atoms with Crippen molar-refractivity contribution in [1.82, 2.24) is 14.5 Å². The third-order valence-electron chi connectivity index (χ3n) is 4.11. The molecule has 0 aliphatic carbocycles. The van der Waals surface area contributed by atoms with Crippen molar-refractivity contribution in [2.75, 3.05) is 32.7 Å². The Morgan fingerprint density at radius 1 is 1.04 bits per heavy atom. The van der Waals surface area contributed by atoms with Crippen LogP contribution in [-0.4, -0.2) is 62.8 Å². The van der Waals surface area contributed by atoms with Crippen molar-refractivity contribution < 1.29 is 18.0 Å². The van der Waals surface area contributed by atoms with Gasteiger partial charge in [-0.25, -0.2) is 13.1 Å². The molecule has 0 atom stereocenters. The van der Waals surface area contributed by atoms with E-state index in [1.54, 1.807) is 9.80 Å². The quantitative estimate of drug-likeness (QED) is 0.839. The van der Waals surface area contributed by atoms with Crippen LogP contribution < -0.4 is 4.72 Å². The molecule has 0 unspecified atom stereocenters. The van der Waals surface area contributed by atoms with Gasteiger partial charge in [-0.3, -0.25) is 9.59 Å². The van der Waals surface area contributed by atoms with Gasteiger partial charge in [-0.15, -0.1) is 0 Å². The van der Waals surface area contributed by atoms with E-state index < -0.39 is 10.0 Å². The van der Waals surface area contributed by atoms with Crippen molar-refractivity contribution in [3.8, 4) is 0 Å². The molecule has 2 rings (SSSR count). The van der Waals surface area contributed by atoms with Gasteiger partial charge in [-0.05, 0) is 30.2 Å². The van der Waals surface area contributed by atoms with Crippen molar-refractivity contribution >= 4 is 21.8 Å². The molecule has 1 heterocycles. The van der Waals surface area contributed by atoms with E-state index in [1.807, 2.05) is 13.8 Å². The van der Waals surface area contributed by atoms with Crippen LogP contribution in [0.2, 0.25) is 0 Å². The topological polar surface area (TPSA) is 86.8 Å². The van der Waals surface area contributed by atoms with Gasteiger partial charge in [0.2, 0.25) is 15.9 Å². The fourth-order valence-electron chi connectivity index (χ4n) is 2.54. The summed E-state index contributed by atoms with van der Waals surface area (Å²) in [5, 5.41) is 0. The van der Waals surface area contributed by atoms with Gasteiger partial charge in [0.1, 0.15) is 0 Å². The molecule has 1 fully saturated rings. The molecule has 7 nitrogen and oxygen atoms in total. The Kier molecular flexibility index (Phi) is 6.18. The lowest BCUT2D eigenvalue weighted by molar-refractivity contribution is -0.130. The molecule has 0 bridgehead atoms. The Bertz CT molecular complexity index is 721.